The van der Waals surface area contributed by atoms with Crippen LogP contribution in [0.2, 0.25) is 0 Å². The van der Waals surface area contributed by atoms with Crippen LogP contribution in [0.1, 0.15) is 36.4 Å². The average Bonchev–Trinajstić information content (AvgIpc) is 3.27. The Bertz CT molecular complexity index is 1380. The first-order valence-corrected chi connectivity index (χ1v) is 11.9. The van der Waals surface area contributed by atoms with Crippen LogP contribution in [-0.2, 0) is 35.7 Å². The molecule has 36 heavy (non-hydrogen) atoms. The molecule has 2 aromatic carbocycles. The lowest BCUT2D eigenvalue weighted by molar-refractivity contribution is -0.144. The molecule has 0 saturated heterocycles. The molecule has 2 aromatic heterocycles. The molecule has 0 unspecified atom stereocenters. The molecular weight excluding hydrogens is 460 g/mol. The van der Waals surface area contributed by atoms with E-state index in [1.807, 2.05) is 38.1 Å². The van der Waals surface area contributed by atoms with Gasteiger partial charge in [-0.1, -0.05) is 29.8 Å². The van der Waals surface area contributed by atoms with E-state index in [4.69, 9.17) is 9.47 Å². The molecule has 0 aliphatic rings. The number of hydrogen-bond acceptors (Lipinski definition) is 8. The van der Waals surface area contributed by atoms with E-state index in [9.17, 15) is 9.59 Å². The van der Waals surface area contributed by atoms with Gasteiger partial charge in [-0.05, 0) is 61.0 Å². The minimum Gasteiger partial charge on any atom is -0.494 e. The van der Waals surface area contributed by atoms with Crippen LogP contribution < -0.4 is 10.3 Å². The van der Waals surface area contributed by atoms with Gasteiger partial charge in [-0.3, -0.25) is 14.5 Å². The Morgan fingerprint density at radius 1 is 1.03 bits per heavy atom. The number of aromatic nitrogens is 5. The van der Waals surface area contributed by atoms with Gasteiger partial charge >= 0.3 is 5.97 Å². The normalized spacial score (nSPS) is 11.2. The van der Waals surface area contributed by atoms with Crippen molar-refractivity contribution in [3.8, 4) is 5.75 Å². The number of aryl methyl sites for hydroxylation is 1. The number of benzene rings is 2. The van der Waals surface area contributed by atoms with Crippen molar-refractivity contribution in [3.05, 3.63) is 81.4 Å². The Hall–Kier alpha value is -4.05. The van der Waals surface area contributed by atoms with Crippen molar-refractivity contribution in [2.45, 2.75) is 47.0 Å². The Morgan fingerprint density at radius 3 is 2.58 bits per heavy atom. The summed E-state index contributed by atoms with van der Waals surface area (Å²) in [6, 6.07) is 15.7. The fourth-order valence-electron chi connectivity index (χ4n) is 3.95. The summed E-state index contributed by atoms with van der Waals surface area (Å²) in [6.45, 7) is 7.73. The van der Waals surface area contributed by atoms with Crippen LogP contribution in [0.4, 0.5) is 0 Å². The predicted octanol–water partition coefficient (Wildman–Crippen LogP) is 2.99. The maximum atomic E-state index is 12.9. The number of hydrogen-bond donors (Lipinski definition) is 1. The summed E-state index contributed by atoms with van der Waals surface area (Å²) in [5, 5.41) is 12.7. The Labute approximate surface area is 208 Å². The van der Waals surface area contributed by atoms with E-state index in [1.165, 1.54) is 10.2 Å². The van der Waals surface area contributed by atoms with Crippen molar-refractivity contribution in [1.29, 1.82) is 0 Å². The van der Waals surface area contributed by atoms with Crippen molar-refractivity contribution in [2.24, 2.45) is 0 Å². The summed E-state index contributed by atoms with van der Waals surface area (Å²) in [7, 11) is 0. The Morgan fingerprint density at radius 2 is 1.83 bits per heavy atom. The third-order valence-electron chi connectivity index (χ3n) is 5.68. The van der Waals surface area contributed by atoms with Crippen LogP contribution in [0.25, 0.3) is 10.9 Å². The third-order valence-corrected chi connectivity index (χ3v) is 5.68. The van der Waals surface area contributed by atoms with Crippen LogP contribution in [0.5, 0.6) is 5.75 Å². The molecule has 0 saturated carbocycles. The maximum Gasteiger partial charge on any atom is 0.327 e. The number of ether oxygens (including phenoxy) is 2. The van der Waals surface area contributed by atoms with E-state index in [1.54, 1.807) is 6.92 Å². The summed E-state index contributed by atoms with van der Waals surface area (Å²) in [4.78, 5) is 30.0. The largest absolute Gasteiger partial charge is 0.494 e. The fourth-order valence-corrected chi connectivity index (χ4v) is 3.95. The molecule has 0 aliphatic carbocycles. The number of tetrazole rings is 1. The van der Waals surface area contributed by atoms with Gasteiger partial charge in [0, 0.05) is 29.6 Å². The van der Waals surface area contributed by atoms with Gasteiger partial charge in [-0.2, -0.15) is 0 Å². The number of nitrogens with one attached hydrogen (secondary N) is 1. The molecule has 10 nitrogen and oxygen atoms in total. The van der Waals surface area contributed by atoms with Crippen molar-refractivity contribution in [3.63, 3.8) is 0 Å². The lowest BCUT2D eigenvalue weighted by atomic mass is 10.1. The fraction of sp³-hybridized carbons (Fsp3) is 0.346. The van der Waals surface area contributed by atoms with Gasteiger partial charge in [0.2, 0.25) is 0 Å². The lowest BCUT2D eigenvalue weighted by Crippen LogP contribution is -2.28. The van der Waals surface area contributed by atoms with Crippen molar-refractivity contribution in [1.82, 2.24) is 30.1 Å². The molecule has 1 N–H and O–H groups in total. The van der Waals surface area contributed by atoms with Gasteiger partial charge in [-0.15, -0.1) is 5.10 Å². The average molecular weight is 491 g/mol. The molecule has 188 valence electrons. The van der Waals surface area contributed by atoms with Crippen molar-refractivity contribution < 1.29 is 14.3 Å². The van der Waals surface area contributed by atoms with E-state index in [2.05, 4.69) is 49.7 Å². The molecule has 4 rings (SSSR count). The van der Waals surface area contributed by atoms with E-state index in [0.29, 0.717) is 37.6 Å². The molecule has 2 heterocycles. The molecule has 0 amide bonds. The number of fused-ring (bicyclic) bond motifs is 1. The standard InChI is InChI=1S/C26H30N6O4/c1-4-35-22-10-11-23-20(13-22)12-21(26(34)27-23)15-31(14-19-8-6-18(3)7-9-19)16-24-28-29-30-32(24)17-25(33)36-5-2/h6-13H,4-5,14-17H2,1-3H3,(H,27,34). The summed E-state index contributed by atoms with van der Waals surface area (Å²) in [5.74, 6) is 0.843. The Balaban J connectivity index is 1.63. The molecule has 4 aromatic rings. The van der Waals surface area contributed by atoms with Crippen LogP contribution >= 0.6 is 0 Å². The van der Waals surface area contributed by atoms with E-state index < -0.39 is 5.97 Å². The number of esters is 1. The smallest absolute Gasteiger partial charge is 0.327 e. The monoisotopic (exact) mass is 490 g/mol. The zero-order valence-corrected chi connectivity index (χ0v) is 20.7. The lowest BCUT2D eigenvalue weighted by Gasteiger charge is -2.22. The minimum atomic E-state index is -0.410. The SMILES string of the molecule is CCOC(=O)Cn1nnnc1CN(Cc1ccc(C)cc1)Cc1cc2cc(OCC)ccc2[nH]c1=O. The van der Waals surface area contributed by atoms with Gasteiger partial charge < -0.3 is 14.5 Å². The number of nitrogens with zero attached hydrogens (tertiary/aromatic N) is 5. The summed E-state index contributed by atoms with van der Waals surface area (Å²) < 4.78 is 12.1. The quantitative estimate of drug-likeness (QED) is 0.319. The zero-order valence-electron chi connectivity index (χ0n) is 20.7. The number of aromatic amines is 1. The minimum absolute atomic E-state index is 0.0781. The number of carbonyl (C=O) groups is 1. The highest BCUT2D eigenvalue weighted by Crippen LogP contribution is 2.20. The van der Waals surface area contributed by atoms with Gasteiger partial charge in [-0.25, -0.2) is 4.68 Å². The molecule has 0 bridgehead atoms. The second-order valence-electron chi connectivity index (χ2n) is 8.49. The van der Waals surface area contributed by atoms with Gasteiger partial charge in [0.1, 0.15) is 12.3 Å². The van der Waals surface area contributed by atoms with Crippen molar-refractivity contribution in [2.75, 3.05) is 13.2 Å². The molecule has 10 heteroatoms. The summed E-state index contributed by atoms with van der Waals surface area (Å²) in [5.41, 5.74) is 3.44. The maximum absolute atomic E-state index is 12.9. The molecule has 0 atom stereocenters. The first-order valence-electron chi connectivity index (χ1n) is 11.9. The second kappa shape index (κ2) is 11.6. The molecular formula is C26H30N6O4. The zero-order chi connectivity index (χ0) is 25.5. The van der Waals surface area contributed by atoms with Crippen LogP contribution in [0.15, 0.2) is 53.3 Å². The van der Waals surface area contributed by atoms with Crippen LogP contribution in [-0.4, -0.2) is 49.3 Å². The highest BCUT2D eigenvalue weighted by molar-refractivity contribution is 5.80. The van der Waals surface area contributed by atoms with Gasteiger partial charge in [0.05, 0.1) is 19.8 Å². The van der Waals surface area contributed by atoms with E-state index in [-0.39, 0.29) is 18.7 Å². The van der Waals surface area contributed by atoms with Crippen LogP contribution in [0.3, 0.4) is 0 Å². The predicted molar refractivity (Wildman–Crippen MR) is 134 cm³/mol. The first-order chi connectivity index (χ1) is 17.4. The second-order valence-corrected chi connectivity index (χ2v) is 8.49. The number of carbonyl (C=O) groups excluding carboxylic acids is 1. The molecule has 0 spiro atoms. The first kappa shape index (κ1) is 25.1. The summed E-state index contributed by atoms with van der Waals surface area (Å²) in [6.07, 6.45) is 0. The van der Waals surface area contributed by atoms with E-state index >= 15 is 0 Å². The number of H-pyrrole nitrogens is 1. The topological polar surface area (TPSA) is 115 Å². The molecule has 0 radical (unpaired) electrons. The van der Waals surface area contributed by atoms with Crippen LogP contribution in [0, 0.1) is 6.92 Å². The molecule has 0 aliphatic heterocycles. The Kier molecular flexibility index (Phi) is 8.06. The van der Waals surface area contributed by atoms with E-state index in [0.717, 1.165) is 22.2 Å². The van der Waals surface area contributed by atoms with Crippen molar-refractivity contribution >= 4 is 16.9 Å². The van der Waals surface area contributed by atoms with Gasteiger partial charge in [0.25, 0.3) is 5.56 Å². The van der Waals surface area contributed by atoms with Gasteiger partial charge in [0.15, 0.2) is 5.82 Å². The highest BCUT2D eigenvalue weighted by Gasteiger charge is 2.17. The number of pyridine rings is 1. The third kappa shape index (κ3) is 6.33. The summed E-state index contributed by atoms with van der Waals surface area (Å²) >= 11 is 0. The molecule has 0 fully saturated rings. The highest BCUT2D eigenvalue weighted by atomic mass is 16.5. The number of rotatable bonds is 11.